The molecule has 0 saturated carbocycles. The molecule has 2 aromatic rings. The topological polar surface area (TPSA) is 40.5 Å². The fourth-order valence-electron chi connectivity index (χ4n) is 3.95. The number of aromatic hydroxyl groups is 2. The van der Waals surface area contributed by atoms with Crippen LogP contribution in [-0.2, 0) is 29.3 Å². The summed E-state index contributed by atoms with van der Waals surface area (Å²) < 4.78 is 0. The van der Waals surface area contributed by atoms with Crippen molar-refractivity contribution in [2.24, 2.45) is 0 Å². The number of rotatable bonds is 16. The summed E-state index contributed by atoms with van der Waals surface area (Å²) in [4.78, 5) is 1.59. The van der Waals surface area contributed by atoms with Crippen molar-refractivity contribution in [2.45, 2.75) is 114 Å². The van der Waals surface area contributed by atoms with Gasteiger partial charge in [0.25, 0.3) is 0 Å². The molecule has 4 heteroatoms. The molecule has 0 radical (unpaired) electrons. The van der Waals surface area contributed by atoms with Crippen LogP contribution in [0.3, 0.4) is 0 Å². The SMILES string of the molecule is CCCCCCCCc1ccc(Sc2ccc(CCCCCCCC)cc2O)c(O)c1.[Ni]. The van der Waals surface area contributed by atoms with Gasteiger partial charge in [0.15, 0.2) is 0 Å². The van der Waals surface area contributed by atoms with E-state index in [1.54, 1.807) is 0 Å². The molecule has 0 saturated heterocycles. The third kappa shape index (κ3) is 11.1. The molecule has 0 unspecified atom stereocenters. The third-order valence-electron chi connectivity index (χ3n) is 5.90. The van der Waals surface area contributed by atoms with E-state index in [1.165, 1.54) is 99.9 Å². The molecular weight excluding hydrogens is 459 g/mol. The Morgan fingerprint density at radius 2 is 0.938 bits per heavy atom. The van der Waals surface area contributed by atoms with Crippen LogP contribution < -0.4 is 0 Å². The van der Waals surface area contributed by atoms with E-state index in [-0.39, 0.29) is 16.5 Å². The Kier molecular flexibility index (Phi) is 15.7. The Labute approximate surface area is 210 Å². The van der Waals surface area contributed by atoms with Gasteiger partial charge in [-0.05, 0) is 61.1 Å². The van der Waals surface area contributed by atoms with Gasteiger partial charge < -0.3 is 10.2 Å². The standard InChI is InChI=1S/C28H42O2S.Ni/c1-3-5-7-9-11-13-15-23-17-19-27(25(29)21-23)31-28-20-18-24(22-26(28)30)16-14-12-10-8-6-4-2;/h17-22,29-30H,3-16H2,1-2H3;. The van der Waals surface area contributed by atoms with Crippen molar-refractivity contribution in [3.05, 3.63) is 47.5 Å². The molecule has 0 heterocycles. The summed E-state index contributed by atoms with van der Waals surface area (Å²) in [7, 11) is 0. The Balaban J connectivity index is 0.00000512. The van der Waals surface area contributed by atoms with Gasteiger partial charge in [0.05, 0.1) is 9.79 Å². The molecule has 0 atom stereocenters. The molecule has 2 rings (SSSR count). The summed E-state index contributed by atoms with van der Waals surface area (Å²) in [6.45, 7) is 4.49. The smallest absolute Gasteiger partial charge is 0.129 e. The molecule has 0 spiro atoms. The number of phenolic OH excluding ortho intramolecular Hbond substituents is 2. The fourth-order valence-corrected chi connectivity index (χ4v) is 4.78. The number of phenols is 2. The van der Waals surface area contributed by atoms with E-state index in [0.717, 1.165) is 22.6 Å². The van der Waals surface area contributed by atoms with Gasteiger partial charge in [-0.3, -0.25) is 0 Å². The first-order chi connectivity index (χ1) is 15.1. The summed E-state index contributed by atoms with van der Waals surface area (Å²) >= 11 is 1.43. The van der Waals surface area contributed by atoms with Gasteiger partial charge in [0.1, 0.15) is 11.5 Å². The molecule has 182 valence electrons. The van der Waals surface area contributed by atoms with Crippen molar-refractivity contribution in [1.82, 2.24) is 0 Å². The van der Waals surface area contributed by atoms with Crippen molar-refractivity contribution in [3.8, 4) is 11.5 Å². The van der Waals surface area contributed by atoms with Crippen LogP contribution in [0.15, 0.2) is 46.2 Å². The van der Waals surface area contributed by atoms with Crippen LogP contribution in [0.4, 0.5) is 0 Å². The Hall–Kier alpha value is -1.12. The molecular formula is C28H42NiO2S. The Morgan fingerprint density at radius 3 is 1.31 bits per heavy atom. The molecule has 0 bridgehead atoms. The molecule has 0 aliphatic rings. The largest absolute Gasteiger partial charge is 0.507 e. The maximum Gasteiger partial charge on any atom is 0.129 e. The van der Waals surface area contributed by atoms with E-state index < -0.39 is 0 Å². The van der Waals surface area contributed by atoms with Gasteiger partial charge in [-0.2, -0.15) is 0 Å². The average Bonchev–Trinajstić information content (AvgIpc) is 2.76. The van der Waals surface area contributed by atoms with Crippen molar-refractivity contribution in [2.75, 3.05) is 0 Å². The summed E-state index contributed by atoms with van der Waals surface area (Å²) in [5, 5.41) is 20.9. The van der Waals surface area contributed by atoms with E-state index >= 15 is 0 Å². The maximum absolute atomic E-state index is 10.5. The Morgan fingerprint density at radius 1 is 0.562 bits per heavy atom. The maximum atomic E-state index is 10.5. The van der Waals surface area contributed by atoms with Crippen molar-refractivity contribution in [3.63, 3.8) is 0 Å². The predicted molar refractivity (Wildman–Crippen MR) is 134 cm³/mol. The van der Waals surface area contributed by atoms with Gasteiger partial charge in [0.2, 0.25) is 0 Å². The van der Waals surface area contributed by atoms with Crippen molar-refractivity contribution >= 4 is 11.8 Å². The van der Waals surface area contributed by atoms with Gasteiger partial charge in [-0.25, -0.2) is 0 Å². The molecule has 0 fully saturated rings. The van der Waals surface area contributed by atoms with Crippen LogP contribution in [0.25, 0.3) is 0 Å². The summed E-state index contributed by atoms with van der Waals surface area (Å²) in [6, 6.07) is 12.0. The third-order valence-corrected chi connectivity index (χ3v) is 7.03. The number of aryl methyl sites for hydroxylation is 2. The first-order valence-corrected chi connectivity index (χ1v) is 13.3. The molecule has 0 aliphatic heterocycles. The van der Waals surface area contributed by atoms with E-state index in [2.05, 4.69) is 26.0 Å². The molecule has 2 nitrogen and oxygen atoms in total. The van der Waals surface area contributed by atoms with Crippen LogP contribution >= 0.6 is 11.8 Å². The van der Waals surface area contributed by atoms with Crippen LogP contribution in [-0.4, -0.2) is 10.2 Å². The van der Waals surface area contributed by atoms with E-state index in [0.29, 0.717) is 11.5 Å². The minimum Gasteiger partial charge on any atom is -0.507 e. The Bertz CT molecular complexity index is 700. The zero-order chi connectivity index (χ0) is 22.3. The van der Waals surface area contributed by atoms with Crippen molar-refractivity contribution < 1.29 is 26.7 Å². The fraction of sp³-hybridized carbons (Fsp3) is 0.571. The minimum atomic E-state index is 0. The molecule has 0 amide bonds. The zero-order valence-corrected chi connectivity index (χ0v) is 21.8. The zero-order valence-electron chi connectivity index (χ0n) is 20.0. The molecule has 32 heavy (non-hydrogen) atoms. The summed E-state index contributed by atoms with van der Waals surface area (Å²) in [6.07, 6.45) is 17.4. The second-order valence-electron chi connectivity index (χ2n) is 8.74. The van der Waals surface area contributed by atoms with Gasteiger partial charge in [0, 0.05) is 16.5 Å². The number of benzene rings is 2. The van der Waals surface area contributed by atoms with E-state index in [9.17, 15) is 10.2 Å². The van der Waals surface area contributed by atoms with Gasteiger partial charge in [-0.15, -0.1) is 0 Å². The van der Waals surface area contributed by atoms with E-state index in [4.69, 9.17) is 0 Å². The molecule has 2 aromatic carbocycles. The number of hydrogen-bond acceptors (Lipinski definition) is 3. The number of unbranched alkanes of at least 4 members (excludes halogenated alkanes) is 10. The van der Waals surface area contributed by atoms with Crippen LogP contribution in [0.2, 0.25) is 0 Å². The predicted octanol–water partition coefficient (Wildman–Crippen LogP) is 9.05. The molecule has 2 N–H and O–H groups in total. The molecule has 0 aromatic heterocycles. The van der Waals surface area contributed by atoms with Crippen LogP contribution in [0.5, 0.6) is 11.5 Å². The first-order valence-electron chi connectivity index (χ1n) is 12.5. The molecule has 0 aliphatic carbocycles. The summed E-state index contributed by atoms with van der Waals surface area (Å²) in [5.74, 6) is 0.619. The monoisotopic (exact) mass is 500 g/mol. The van der Waals surface area contributed by atoms with Gasteiger partial charge >= 0.3 is 0 Å². The van der Waals surface area contributed by atoms with E-state index in [1.807, 2.05) is 24.3 Å². The quantitative estimate of drug-likeness (QED) is 0.178. The van der Waals surface area contributed by atoms with Crippen molar-refractivity contribution in [1.29, 1.82) is 0 Å². The van der Waals surface area contributed by atoms with Crippen LogP contribution in [0, 0.1) is 0 Å². The first kappa shape index (κ1) is 28.9. The number of hydrogen-bond donors (Lipinski definition) is 2. The average molecular weight is 501 g/mol. The van der Waals surface area contributed by atoms with Crippen LogP contribution in [0.1, 0.15) is 102 Å². The van der Waals surface area contributed by atoms with Gasteiger partial charge in [-0.1, -0.05) is 102 Å². The second-order valence-corrected chi connectivity index (χ2v) is 9.83. The normalized spacial score (nSPS) is 10.8. The summed E-state index contributed by atoms with van der Waals surface area (Å²) in [5.41, 5.74) is 2.38. The minimum absolute atomic E-state index is 0. The second kappa shape index (κ2) is 17.4.